The SMILES string of the molecule is CC(=O)OC(C)(C)C1CCC2C(CC3(C)C4CCC5C(C)(C)C(OC(=O)N6CCOCC6)CCC56CC46CCC23C)O1. The minimum absolute atomic E-state index is 0.0117. The minimum atomic E-state index is -0.596. The smallest absolute Gasteiger partial charge is 0.410 e. The monoisotopic (exact) mass is 585 g/mol. The van der Waals surface area contributed by atoms with Crippen LogP contribution in [0.25, 0.3) is 0 Å². The number of esters is 1. The van der Waals surface area contributed by atoms with E-state index >= 15 is 0 Å². The van der Waals surface area contributed by atoms with Crippen LogP contribution in [0, 0.1) is 44.8 Å². The highest BCUT2D eigenvalue weighted by molar-refractivity contribution is 5.68. The summed E-state index contributed by atoms with van der Waals surface area (Å²) in [6.45, 7) is 18.1. The number of nitrogens with zero attached hydrogens (tertiary/aromatic N) is 1. The van der Waals surface area contributed by atoms with E-state index in [0.717, 1.165) is 25.2 Å². The summed E-state index contributed by atoms with van der Waals surface area (Å²) in [5.41, 5.74) is 0.783. The second kappa shape index (κ2) is 9.34. The fourth-order valence-electron chi connectivity index (χ4n) is 12.8. The van der Waals surface area contributed by atoms with Crippen molar-refractivity contribution in [1.29, 1.82) is 0 Å². The van der Waals surface area contributed by atoms with Gasteiger partial charge in [-0.2, -0.15) is 0 Å². The first-order chi connectivity index (χ1) is 19.7. The normalized spacial score (nSPS) is 49.0. The standard InChI is InChI=1S/C35H55NO6/c1-22(37)42-31(4,5)28-11-8-23-24(40-28)20-33(7)26-10-9-25-30(2,3)27(41-29(38)36-16-18-39-19-17-36)12-13-34(25)21-35(26,34)15-14-32(23,33)6/h23-28H,8-21H2,1-7H3. The van der Waals surface area contributed by atoms with Crippen LogP contribution in [0.4, 0.5) is 4.79 Å². The number of ether oxygens (including phenoxy) is 4. The molecule has 0 aromatic heterocycles. The van der Waals surface area contributed by atoms with Crippen LogP contribution in [-0.2, 0) is 23.7 Å². The van der Waals surface area contributed by atoms with Crippen molar-refractivity contribution in [3.8, 4) is 0 Å². The van der Waals surface area contributed by atoms with Crippen molar-refractivity contribution in [1.82, 2.24) is 4.90 Å². The van der Waals surface area contributed by atoms with Gasteiger partial charge in [0.25, 0.3) is 0 Å². The predicted octanol–water partition coefficient (Wildman–Crippen LogP) is 6.76. The molecule has 236 valence electrons. The van der Waals surface area contributed by atoms with Crippen molar-refractivity contribution in [3.05, 3.63) is 0 Å². The van der Waals surface area contributed by atoms with Gasteiger partial charge in [0, 0.05) is 25.4 Å². The lowest BCUT2D eigenvalue weighted by molar-refractivity contribution is -0.193. The Kier molecular flexibility index (Phi) is 6.53. The third-order valence-corrected chi connectivity index (χ3v) is 15.0. The summed E-state index contributed by atoms with van der Waals surface area (Å²) < 4.78 is 24.4. The van der Waals surface area contributed by atoms with Gasteiger partial charge in [0.2, 0.25) is 0 Å². The van der Waals surface area contributed by atoms with E-state index in [9.17, 15) is 9.59 Å². The third-order valence-electron chi connectivity index (χ3n) is 15.0. The van der Waals surface area contributed by atoms with E-state index in [1.165, 1.54) is 51.9 Å². The second-order valence-electron chi connectivity index (χ2n) is 17.1. The van der Waals surface area contributed by atoms with Crippen LogP contribution < -0.4 is 0 Å². The Bertz CT molecular complexity index is 1130. The number of rotatable bonds is 3. The lowest BCUT2D eigenvalue weighted by Gasteiger charge is -2.63. The lowest BCUT2D eigenvalue weighted by atomic mass is 9.42. The first-order valence-electron chi connectivity index (χ1n) is 17.1. The fraction of sp³-hybridized carbons (Fsp3) is 0.943. The van der Waals surface area contributed by atoms with Crippen LogP contribution in [0.15, 0.2) is 0 Å². The van der Waals surface area contributed by atoms with E-state index < -0.39 is 5.60 Å². The molecule has 7 nitrogen and oxygen atoms in total. The largest absolute Gasteiger partial charge is 0.457 e. The Balaban J connectivity index is 1.10. The molecular formula is C35H55NO6. The van der Waals surface area contributed by atoms with Gasteiger partial charge in [-0.1, -0.05) is 27.7 Å². The predicted molar refractivity (Wildman–Crippen MR) is 159 cm³/mol. The van der Waals surface area contributed by atoms with E-state index in [0.29, 0.717) is 54.4 Å². The van der Waals surface area contributed by atoms with Crippen molar-refractivity contribution < 1.29 is 28.5 Å². The molecule has 1 amide bonds. The summed E-state index contributed by atoms with van der Waals surface area (Å²) in [6, 6.07) is 0. The molecule has 2 aliphatic heterocycles. The summed E-state index contributed by atoms with van der Waals surface area (Å²) in [7, 11) is 0. The summed E-state index contributed by atoms with van der Waals surface area (Å²) in [5.74, 6) is 1.70. The van der Waals surface area contributed by atoms with E-state index in [2.05, 4.69) is 27.7 Å². The zero-order chi connectivity index (χ0) is 29.9. The summed E-state index contributed by atoms with van der Waals surface area (Å²) in [6.07, 6.45) is 12.1. The first kappa shape index (κ1) is 29.4. The van der Waals surface area contributed by atoms with Gasteiger partial charge in [-0.15, -0.1) is 0 Å². The van der Waals surface area contributed by atoms with Gasteiger partial charge in [-0.05, 0) is 117 Å². The van der Waals surface area contributed by atoms with Gasteiger partial charge in [0.1, 0.15) is 11.7 Å². The third kappa shape index (κ3) is 3.83. The van der Waals surface area contributed by atoms with Crippen molar-refractivity contribution in [2.75, 3.05) is 26.3 Å². The Morgan fingerprint density at radius 3 is 2.26 bits per heavy atom. The van der Waals surface area contributed by atoms with Crippen LogP contribution >= 0.6 is 0 Å². The molecule has 0 radical (unpaired) electrons. The lowest BCUT2D eigenvalue weighted by Crippen LogP contribution is -2.58. The van der Waals surface area contributed by atoms with Crippen molar-refractivity contribution in [3.63, 3.8) is 0 Å². The van der Waals surface area contributed by atoms with Crippen LogP contribution in [0.1, 0.15) is 113 Å². The van der Waals surface area contributed by atoms with E-state index in [-0.39, 0.29) is 41.2 Å². The molecule has 0 N–H and O–H groups in total. The molecule has 7 fully saturated rings. The number of hydrogen-bond acceptors (Lipinski definition) is 6. The quantitative estimate of drug-likeness (QED) is 0.341. The van der Waals surface area contributed by atoms with E-state index in [1.807, 2.05) is 18.7 Å². The summed E-state index contributed by atoms with van der Waals surface area (Å²) >= 11 is 0. The number of carbonyl (C=O) groups is 2. The highest BCUT2D eigenvalue weighted by atomic mass is 16.6. The Labute approximate surface area is 253 Å². The molecule has 10 atom stereocenters. The van der Waals surface area contributed by atoms with Gasteiger partial charge >= 0.3 is 12.1 Å². The number of fused-ring (bicyclic) bond motifs is 4. The summed E-state index contributed by atoms with van der Waals surface area (Å²) in [4.78, 5) is 26.8. The molecule has 5 aliphatic carbocycles. The van der Waals surface area contributed by atoms with Crippen molar-refractivity contribution in [2.24, 2.45) is 44.8 Å². The van der Waals surface area contributed by atoms with Gasteiger partial charge in [0.15, 0.2) is 0 Å². The minimum Gasteiger partial charge on any atom is -0.457 e. The maximum Gasteiger partial charge on any atom is 0.410 e. The zero-order valence-corrected chi connectivity index (χ0v) is 27.3. The molecule has 10 unspecified atom stereocenters. The molecule has 2 saturated heterocycles. The van der Waals surface area contributed by atoms with Crippen molar-refractivity contribution >= 4 is 12.1 Å². The van der Waals surface area contributed by atoms with E-state index in [1.54, 1.807) is 0 Å². The number of hydrogen-bond donors (Lipinski definition) is 0. The van der Waals surface area contributed by atoms with Crippen LogP contribution in [-0.4, -0.2) is 67.2 Å². The zero-order valence-electron chi connectivity index (χ0n) is 27.3. The number of carbonyl (C=O) groups excluding carboxylic acids is 2. The highest BCUT2D eigenvalue weighted by Gasteiger charge is 2.83. The topological polar surface area (TPSA) is 74.3 Å². The maximum absolute atomic E-state index is 13.1. The first-order valence-corrected chi connectivity index (χ1v) is 17.1. The molecule has 42 heavy (non-hydrogen) atoms. The van der Waals surface area contributed by atoms with Gasteiger partial charge in [0.05, 0.1) is 25.4 Å². The Morgan fingerprint density at radius 1 is 0.857 bits per heavy atom. The van der Waals surface area contributed by atoms with E-state index in [4.69, 9.17) is 18.9 Å². The van der Waals surface area contributed by atoms with Gasteiger partial charge < -0.3 is 23.8 Å². The fourth-order valence-corrected chi connectivity index (χ4v) is 12.8. The molecule has 2 heterocycles. The average molecular weight is 586 g/mol. The molecular weight excluding hydrogens is 530 g/mol. The number of morpholine rings is 1. The Hall–Kier alpha value is -1.34. The van der Waals surface area contributed by atoms with Crippen LogP contribution in [0.3, 0.4) is 0 Å². The van der Waals surface area contributed by atoms with Crippen LogP contribution in [0.5, 0.6) is 0 Å². The van der Waals surface area contributed by atoms with Gasteiger partial charge in [-0.25, -0.2) is 4.79 Å². The molecule has 5 saturated carbocycles. The maximum atomic E-state index is 13.1. The molecule has 0 aromatic rings. The molecule has 0 aromatic carbocycles. The van der Waals surface area contributed by atoms with Crippen molar-refractivity contribution in [2.45, 2.75) is 137 Å². The molecule has 7 aliphatic rings. The Morgan fingerprint density at radius 2 is 1.55 bits per heavy atom. The second-order valence-corrected chi connectivity index (χ2v) is 17.1. The van der Waals surface area contributed by atoms with Gasteiger partial charge in [-0.3, -0.25) is 4.79 Å². The molecule has 7 rings (SSSR count). The highest BCUT2D eigenvalue weighted by Crippen LogP contribution is 2.89. The number of amides is 1. The van der Waals surface area contributed by atoms with Crippen LogP contribution in [0.2, 0.25) is 0 Å². The average Bonchev–Trinajstić information content (AvgIpc) is 3.53. The molecule has 7 heteroatoms. The molecule has 2 spiro atoms. The summed E-state index contributed by atoms with van der Waals surface area (Å²) in [5, 5.41) is 0. The molecule has 0 bridgehead atoms.